The second-order valence-corrected chi connectivity index (χ2v) is 8.60. The molecule has 0 aromatic heterocycles. The Hall–Kier alpha value is -4.41. The molecule has 5 N–H and O–H groups in total. The Balaban J connectivity index is 1.82. The van der Waals surface area contributed by atoms with Gasteiger partial charge in [-0.15, -0.1) is 0 Å². The fourth-order valence-corrected chi connectivity index (χ4v) is 3.71. The van der Waals surface area contributed by atoms with Crippen molar-refractivity contribution in [3.8, 4) is 5.75 Å². The summed E-state index contributed by atoms with van der Waals surface area (Å²) >= 11 is 0. The van der Waals surface area contributed by atoms with Crippen molar-refractivity contribution >= 4 is 29.6 Å². The zero-order valence-corrected chi connectivity index (χ0v) is 20.4. The van der Waals surface area contributed by atoms with E-state index in [2.05, 4.69) is 21.3 Å². The van der Waals surface area contributed by atoms with Crippen LogP contribution in [0.3, 0.4) is 0 Å². The normalized spacial score (nSPS) is 22.0. The molecular formula is C26H30N4O7. The molecule has 0 saturated carbocycles. The number of carboxylic acids is 1. The molecule has 0 spiro atoms. The molecule has 1 heterocycles. The lowest BCUT2D eigenvalue weighted by molar-refractivity contribution is -0.141. The standard InChI is InChI=1S/C26H30N4O7/c1-16-23(32)29-19(14-17-8-3-2-4-9-17)25(34)27-12-7-13-37-21-11-6-5-10-18(21)24(33)30-20(26(35)36)15-22(31)28-16/h2-6,8-11,16,19-20H,7,12-15H2,1H3,(H,27,34)(H,28,31)(H,29,32)(H,30,33)(H,35,36)/t16-,19-,20-/m0/s1. The molecule has 1 aliphatic rings. The summed E-state index contributed by atoms with van der Waals surface area (Å²) in [4.78, 5) is 62.7. The number of hydrogen-bond donors (Lipinski definition) is 5. The van der Waals surface area contributed by atoms with Crippen LogP contribution in [-0.4, -0.2) is 66.0 Å². The van der Waals surface area contributed by atoms with Gasteiger partial charge in [0.05, 0.1) is 18.6 Å². The molecule has 11 nitrogen and oxygen atoms in total. The van der Waals surface area contributed by atoms with E-state index >= 15 is 0 Å². The summed E-state index contributed by atoms with van der Waals surface area (Å²) in [6.07, 6.45) is 0.0453. The molecule has 196 valence electrons. The van der Waals surface area contributed by atoms with E-state index in [0.717, 1.165) is 5.56 Å². The predicted molar refractivity (Wildman–Crippen MR) is 133 cm³/mol. The molecule has 1 aliphatic heterocycles. The van der Waals surface area contributed by atoms with E-state index in [1.54, 1.807) is 18.2 Å². The zero-order chi connectivity index (χ0) is 26.8. The van der Waals surface area contributed by atoms with Crippen molar-refractivity contribution < 1.29 is 33.8 Å². The first-order chi connectivity index (χ1) is 17.7. The zero-order valence-electron chi connectivity index (χ0n) is 20.4. The molecule has 37 heavy (non-hydrogen) atoms. The van der Waals surface area contributed by atoms with Crippen molar-refractivity contribution in [2.24, 2.45) is 0 Å². The number of carbonyl (C=O) groups excluding carboxylic acids is 4. The molecule has 0 radical (unpaired) electrons. The molecule has 2 aromatic rings. The van der Waals surface area contributed by atoms with Crippen LogP contribution < -0.4 is 26.0 Å². The van der Waals surface area contributed by atoms with E-state index in [1.807, 2.05) is 30.3 Å². The second kappa shape index (κ2) is 13.1. The van der Waals surface area contributed by atoms with Crippen LogP contribution in [0, 0.1) is 0 Å². The highest BCUT2D eigenvalue weighted by molar-refractivity contribution is 6.00. The highest BCUT2D eigenvalue weighted by Gasteiger charge is 2.28. The van der Waals surface area contributed by atoms with Gasteiger partial charge in [0.25, 0.3) is 5.91 Å². The number of amides is 4. The van der Waals surface area contributed by atoms with Gasteiger partial charge >= 0.3 is 5.97 Å². The average molecular weight is 511 g/mol. The van der Waals surface area contributed by atoms with E-state index in [4.69, 9.17) is 4.74 Å². The van der Waals surface area contributed by atoms with Crippen LogP contribution >= 0.6 is 0 Å². The molecule has 2 aromatic carbocycles. The van der Waals surface area contributed by atoms with Gasteiger partial charge in [0.15, 0.2) is 0 Å². The molecule has 0 unspecified atom stereocenters. The maximum atomic E-state index is 12.9. The number of benzene rings is 2. The quantitative estimate of drug-likeness (QED) is 0.399. The summed E-state index contributed by atoms with van der Waals surface area (Å²) < 4.78 is 5.70. The van der Waals surface area contributed by atoms with Crippen molar-refractivity contribution in [3.63, 3.8) is 0 Å². The molecule has 3 atom stereocenters. The number of carboxylic acid groups (broad SMARTS) is 1. The number of fused-ring (bicyclic) bond motifs is 1. The summed E-state index contributed by atoms with van der Waals surface area (Å²) in [7, 11) is 0. The highest BCUT2D eigenvalue weighted by Crippen LogP contribution is 2.18. The molecule has 0 aliphatic carbocycles. The van der Waals surface area contributed by atoms with Crippen molar-refractivity contribution in [1.82, 2.24) is 21.3 Å². The van der Waals surface area contributed by atoms with Gasteiger partial charge in [0.1, 0.15) is 23.9 Å². The molecule has 0 bridgehead atoms. The van der Waals surface area contributed by atoms with Gasteiger partial charge in [-0.05, 0) is 31.0 Å². The fourth-order valence-electron chi connectivity index (χ4n) is 3.71. The van der Waals surface area contributed by atoms with E-state index < -0.39 is 54.1 Å². The monoisotopic (exact) mass is 510 g/mol. The van der Waals surface area contributed by atoms with Crippen molar-refractivity contribution in [3.05, 3.63) is 65.7 Å². The molecule has 3 rings (SSSR count). The predicted octanol–water partition coefficient (Wildman–Crippen LogP) is 0.391. The summed E-state index contributed by atoms with van der Waals surface area (Å²) in [5, 5.41) is 19.8. The molecule has 11 heteroatoms. The van der Waals surface area contributed by atoms with Crippen molar-refractivity contribution in [1.29, 1.82) is 0 Å². The minimum Gasteiger partial charge on any atom is -0.493 e. The fraction of sp³-hybridized carbons (Fsp3) is 0.346. The lowest BCUT2D eigenvalue weighted by atomic mass is 10.0. The largest absolute Gasteiger partial charge is 0.493 e. The van der Waals surface area contributed by atoms with Crippen molar-refractivity contribution in [2.45, 2.75) is 44.3 Å². The van der Waals surface area contributed by atoms with Crippen LogP contribution in [0.4, 0.5) is 0 Å². The first kappa shape index (κ1) is 27.2. The van der Waals surface area contributed by atoms with Gasteiger partial charge < -0.3 is 31.1 Å². The number of nitrogens with one attached hydrogen (secondary N) is 4. The summed E-state index contributed by atoms with van der Waals surface area (Å²) in [5.41, 5.74) is 0.941. The SMILES string of the molecule is C[C@@H]1NC(=O)C[C@@H](C(=O)O)NC(=O)c2ccccc2OCCCNC(=O)[C@H](Cc2ccccc2)NC1=O. The third kappa shape index (κ3) is 8.06. The van der Waals surface area contributed by atoms with Crippen LogP contribution in [0.25, 0.3) is 0 Å². The minimum atomic E-state index is -1.54. The number of rotatable bonds is 3. The third-order valence-corrected chi connectivity index (χ3v) is 5.69. The number of carbonyl (C=O) groups is 5. The average Bonchev–Trinajstić information content (AvgIpc) is 2.87. The minimum absolute atomic E-state index is 0.106. The Morgan fingerprint density at radius 1 is 0.946 bits per heavy atom. The molecular weight excluding hydrogens is 480 g/mol. The van der Waals surface area contributed by atoms with Gasteiger partial charge in [-0.2, -0.15) is 0 Å². The summed E-state index contributed by atoms with van der Waals surface area (Å²) in [6, 6.07) is 12.0. The number of hydrogen-bond acceptors (Lipinski definition) is 6. The lowest BCUT2D eigenvalue weighted by Gasteiger charge is -2.22. The Morgan fingerprint density at radius 3 is 2.38 bits per heavy atom. The number of para-hydroxylation sites is 1. The van der Waals surface area contributed by atoms with Crippen molar-refractivity contribution in [2.75, 3.05) is 13.2 Å². The first-order valence-corrected chi connectivity index (χ1v) is 11.9. The van der Waals surface area contributed by atoms with Crippen LogP contribution in [0.15, 0.2) is 54.6 Å². The van der Waals surface area contributed by atoms with E-state index in [-0.39, 0.29) is 30.9 Å². The van der Waals surface area contributed by atoms with Crippen LogP contribution in [0.5, 0.6) is 5.75 Å². The summed E-state index contributed by atoms with van der Waals surface area (Å²) in [6.45, 7) is 1.84. The summed E-state index contributed by atoms with van der Waals surface area (Å²) in [5.74, 6) is -3.66. The van der Waals surface area contributed by atoms with Gasteiger partial charge in [0, 0.05) is 13.0 Å². The van der Waals surface area contributed by atoms with E-state index in [1.165, 1.54) is 13.0 Å². The highest BCUT2D eigenvalue weighted by atomic mass is 16.5. The van der Waals surface area contributed by atoms with E-state index in [0.29, 0.717) is 6.42 Å². The molecule has 0 fully saturated rings. The Morgan fingerprint density at radius 2 is 1.65 bits per heavy atom. The second-order valence-electron chi connectivity index (χ2n) is 8.60. The Kier molecular flexibility index (Phi) is 9.59. The molecule has 0 saturated heterocycles. The Bertz CT molecular complexity index is 1140. The van der Waals surface area contributed by atoms with Crippen LogP contribution in [0.2, 0.25) is 0 Å². The smallest absolute Gasteiger partial charge is 0.326 e. The maximum Gasteiger partial charge on any atom is 0.326 e. The van der Waals surface area contributed by atoms with Gasteiger partial charge in [-0.25, -0.2) is 4.79 Å². The number of aliphatic carboxylic acids is 1. The van der Waals surface area contributed by atoms with Gasteiger partial charge in [0.2, 0.25) is 17.7 Å². The topological polar surface area (TPSA) is 163 Å². The van der Waals surface area contributed by atoms with Crippen LogP contribution in [-0.2, 0) is 25.6 Å². The van der Waals surface area contributed by atoms with Crippen LogP contribution in [0.1, 0.15) is 35.7 Å². The van der Waals surface area contributed by atoms with Gasteiger partial charge in [-0.1, -0.05) is 42.5 Å². The third-order valence-electron chi connectivity index (χ3n) is 5.69. The maximum absolute atomic E-state index is 12.9. The molecule has 4 amide bonds. The Labute approximate surface area is 214 Å². The van der Waals surface area contributed by atoms with E-state index in [9.17, 15) is 29.1 Å². The lowest BCUT2D eigenvalue weighted by Crippen LogP contribution is -2.54. The van der Waals surface area contributed by atoms with Gasteiger partial charge in [-0.3, -0.25) is 19.2 Å². The number of ether oxygens (including phenoxy) is 1. The first-order valence-electron chi connectivity index (χ1n) is 11.9.